The van der Waals surface area contributed by atoms with Crippen LogP contribution in [0.4, 0.5) is 11.5 Å². The Morgan fingerprint density at radius 1 is 1.03 bits per heavy atom. The molecule has 5 rings (SSSR count). The van der Waals surface area contributed by atoms with Crippen LogP contribution in [0.25, 0.3) is 10.9 Å². The minimum Gasteiger partial charge on any atom is -0.379 e. The number of anilines is 2. The van der Waals surface area contributed by atoms with Gasteiger partial charge in [-0.1, -0.05) is 42.5 Å². The molecule has 0 saturated carbocycles. The average Bonchev–Trinajstić information content (AvgIpc) is 2.81. The van der Waals surface area contributed by atoms with Gasteiger partial charge in [0, 0.05) is 37.6 Å². The molecule has 7 heteroatoms. The van der Waals surface area contributed by atoms with Gasteiger partial charge in [-0.05, 0) is 29.7 Å². The molecular formula is C25H26N6O. The number of morpholine rings is 1. The van der Waals surface area contributed by atoms with Gasteiger partial charge in [-0.15, -0.1) is 0 Å². The second-order valence-corrected chi connectivity index (χ2v) is 8.10. The lowest BCUT2D eigenvalue weighted by molar-refractivity contribution is 0.0342. The highest BCUT2D eigenvalue weighted by molar-refractivity contribution is 5.93. The number of aromatic nitrogens is 4. The maximum atomic E-state index is 5.45. The number of ether oxygens (including phenoxy) is 1. The van der Waals surface area contributed by atoms with Crippen LogP contribution < -0.4 is 5.32 Å². The Balaban J connectivity index is 1.32. The van der Waals surface area contributed by atoms with Crippen molar-refractivity contribution in [1.29, 1.82) is 0 Å². The Morgan fingerprint density at radius 2 is 1.88 bits per heavy atom. The van der Waals surface area contributed by atoms with Crippen molar-refractivity contribution in [2.45, 2.75) is 19.9 Å². The van der Waals surface area contributed by atoms with Gasteiger partial charge >= 0.3 is 0 Å². The van der Waals surface area contributed by atoms with Crippen molar-refractivity contribution in [3.63, 3.8) is 0 Å². The molecule has 3 heterocycles. The SMILES string of the molecule is Cc1cccc2c(Nc3ccnc(Cc4cccc(CN5CCOCC5)c4)n3)cnnc12. The van der Waals surface area contributed by atoms with Crippen LogP contribution in [0.1, 0.15) is 22.5 Å². The zero-order valence-electron chi connectivity index (χ0n) is 18.2. The summed E-state index contributed by atoms with van der Waals surface area (Å²) in [5, 5.41) is 12.8. The van der Waals surface area contributed by atoms with Crippen LogP contribution in [0.2, 0.25) is 0 Å². The molecule has 2 aromatic heterocycles. The Kier molecular flexibility index (Phi) is 6.00. The lowest BCUT2D eigenvalue weighted by Crippen LogP contribution is -2.35. The monoisotopic (exact) mass is 426 g/mol. The maximum Gasteiger partial charge on any atom is 0.135 e. The van der Waals surface area contributed by atoms with Crippen LogP contribution in [0.3, 0.4) is 0 Å². The maximum absolute atomic E-state index is 5.45. The number of hydrogen-bond donors (Lipinski definition) is 1. The van der Waals surface area contributed by atoms with Gasteiger partial charge in [-0.2, -0.15) is 10.2 Å². The van der Waals surface area contributed by atoms with E-state index in [0.29, 0.717) is 6.42 Å². The molecule has 2 aromatic carbocycles. The molecule has 0 atom stereocenters. The highest BCUT2D eigenvalue weighted by atomic mass is 16.5. The van der Waals surface area contributed by atoms with Gasteiger partial charge in [-0.3, -0.25) is 4.90 Å². The molecule has 0 radical (unpaired) electrons. The summed E-state index contributed by atoms with van der Waals surface area (Å²) in [6.07, 6.45) is 4.21. The van der Waals surface area contributed by atoms with Gasteiger partial charge in [0.15, 0.2) is 0 Å². The molecule has 1 aliphatic rings. The standard InChI is InChI=1S/C25H26N6O/c1-18-4-2-7-21-22(16-27-30-25(18)21)28-23-8-9-26-24(29-23)15-19-5-3-6-20(14-19)17-31-10-12-32-13-11-31/h2-9,14,16H,10-13,15,17H2,1H3,(H,26,28,29,30). The van der Waals surface area contributed by atoms with Gasteiger partial charge in [0.2, 0.25) is 0 Å². The van der Waals surface area contributed by atoms with Gasteiger partial charge < -0.3 is 10.1 Å². The molecule has 4 aromatic rings. The summed E-state index contributed by atoms with van der Waals surface area (Å²) in [6.45, 7) is 6.58. The summed E-state index contributed by atoms with van der Waals surface area (Å²) in [4.78, 5) is 11.7. The summed E-state index contributed by atoms with van der Waals surface area (Å²) in [7, 11) is 0. The first kappa shape index (κ1) is 20.5. The van der Waals surface area contributed by atoms with E-state index in [0.717, 1.165) is 66.6 Å². The third-order valence-electron chi connectivity index (χ3n) is 5.70. The van der Waals surface area contributed by atoms with E-state index in [2.05, 4.69) is 49.7 Å². The highest BCUT2D eigenvalue weighted by Gasteiger charge is 2.11. The van der Waals surface area contributed by atoms with Crippen molar-refractivity contribution in [2.24, 2.45) is 0 Å². The smallest absolute Gasteiger partial charge is 0.135 e. The van der Waals surface area contributed by atoms with Crippen LogP contribution in [0, 0.1) is 6.92 Å². The summed E-state index contributed by atoms with van der Waals surface area (Å²) in [5.74, 6) is 1.52. The van der Waals surface area contributed by atoms with Crippen molar-refractivity contribution in [3.8, 4) is 0 Å². The number of benzene rings is 2. The second-order valence-electron chi connectivity index (χ2n) is 8.10. The highest BCUT2D eigenvalue weighted by Crippen LogP contribution is 2.25. The summed E-state index contributed by atoms with van der Waals surface area (Å²) >= 11 is 0. The molecule has 1 saturated heterocycles. The number of nitrogens with one attached hydrogen (secondary N) is 1. The van der Waals surface area contributed by atoms with Crippen LogP contribution >= 0.6 is 0 Å². The fraction of sp³-hybridized carbons (Fsp3) is 0.280. The number of rotatable bonds is 6. The average molecular weight is 427 g/mol. The van der Waals surface area contributed by atoms with E-state index in [1.165, 1.54) is 11.1 Å². The fourth-order valence-electron chi connectivity index (χ4n) is 4.05. The zero-order valence-corrected chi connectivity index (χ0v) is 18.2. The summed E-state index contributed by atoms with van der Waals surface area (Å²) < 4.78 is 5.45. The molecule has 32 heavy (non-hydrogen) atoms. The van der Waals surface area contributed by atoms with Crippen LogP contribution in [0.5, 0.6) is 0 Å². The van der Waals surface area contributed by atoms with E-state index < -0.39 is 0 Å². The molecule has 1 N–H and O–H groups in total. The van der Waals surface area contributed by atoms with E-state index >= 15 is 0 Å². The van der Waals surface area contributed by atoms with Gasteiger partial charge in [-0.25, -0.2) is 9.97 Å². The van der Waals surface area contributed by atoms with Crippen molar-refractivity contribution >= 4 is 22.4 Å². The largest absolute Gasteiger partial charge is 0.379 e. The van der Waals surface area contributed by atoms with E-state index in [-0.39, 0.29) is 0 Å². The predicted molar refractivity (Wildman–Crippen MR) is 125 cm³/mol. The van der Waals surface area contributed by atoms with E-state index in [9.17, 15) is 0 Å². The molecule has 0 spiro atoms. The predicted octanol–water partition coefficient (Wildman–Crippen LogP) is 3.89. The number of hydrogen-bond acceptors (Lipinski definition) is 7. The van der Waals surface area contributed by atoms with Crippen molar-refractivity contribution in [3.05, 3.63) is 83.4 Å². The Hall–Kier alpha value is -3.42. The van der Waals surface area contributed by atoms with Crippen LogP contribution in [-0.4, -0.2) is 51.4 Å². The quantitative estimate of drug-likeness (QED) is 0.501. The summed E-state index contributed by atoms with van der Waals surface area (Å²) in [5.41, 5.74) is 5.39. The fourth-order valence-corrected chi connectivity index (χ4v) is 4.05. The third kappa shape index (κ3) is 4.74. The van der Waals surface area contributed by atoms with Crippen LogP contribution in [0.15, 0.2) is 60.9 Å². The molecule has 162 valence electrons. The lowest BCUT2D eigenvalue weighted by atomic mass is 10.1. The minimum absolute atomic E-state index is 0.681. The first-order valence-electron chi connectivity index (χ1n) is 10.9. The third-order valence-corrected chi connectivity index (χ3v) is 5.70. The molecule has 1 aliphatic heterocycles. The van der Waals surface area contributed by atoms with Crippen molar-refractivity contribution in [2.75, 3.05) is 31.6 Å². The normalized spacial score (nSPS) is 14.5. The molecule has 0 aliphatic carbocycles. The first-order chi connectivity index (χ1) is 15.7. The molecule has 0 bridgehead atoms. The Bertz CT molecular complexity index is 1220. The van der Waals surface area contributed by atoms with Crippen LogP contribution in [-0.2, 0) is 17.7 Å². The Morgan fingerprint density at radius 3 is 2.78 bits per heavy atom. The molecular weight excluding hydrogens is 400 g/mol. The second kappa shape index (κ2) is 9.38. The number of aryl methyl sites for hydroxylation is 1. The summed E-state index contributed by atoms with van der Waals surface area (Å²) in [6, 6.07) is 16.7. The zero-order chi connectivity index (χ0) is 21.8. The van der Waals surface area contributed by atoms with E-state index in [4.69, 9.17) is 9.72 Å². The minimum atomic E-state index is 0.681. The topological polar surface area (TPSA) is 76.1 Å². The molecule has 1 fully saturated rings. The molecule has 0 amide bonds. The van der Waals surface area contributed by atoms with Gasteiger partial charge in [0.1, 0.15) is 11.6 Å². The van der Waals surface area contributed by atoms with Crippen molar-refractivity contribution in [1.82, 2.24) is 25.1 Å². The number of fused-ring (bicyclic) bond motifs is 1. The molecule has 0 unspecified atom stereocenters. The first-order valence-corrected chi connectivity index (χ1v) is 10.9. The van der Waals surface area contributed by atoms with Gasteiger partial charge in [0.25, 0.3) is 0 Å². The van der Waals surface area contributed by atoms with E-state index in [1.54, 1.807) is 12.4 Å². The number of nitrogens with zero attached hydrogens (tertiary/aromatic N) is 5. The Labute approximate surface area is 187 Å². The van der Waals surface area contributed by atoms with Gasteiger partial charge in [0.05, 0.1) is 30.6 Å². The van der Waals surface area contributed by atoms with E-state index in [1.807, 2.05) is 31.2 Å². The molecule has 7 nitrogen and oxygen atoms in total. The van der Waals surface area contributed by atoms with Crippen molar-refractivity contribution < 1.29 is 4.74 Å². The lowest BCUT2D eigenvalue weighted by Gasteiger charge is -2.26.